The predicted octanol–water partition coefficient (Wildman–Crippen LogP) is 3.99. The molecule has 126 valence electrons. The normalized spacial score (nSPS) is 16.1. The third-order valence-corrected chi connectivity index (χ3v) is 5.42. The van der Waals surface area contributed by atoms with Crippen LogP contribution in [0.5, 0.6) is 0 Å². The van der Waals surface area contributed by atoms with E-state index in [0.717, 1.165) is 29.0 Å². The fraction of sp³-hybridized carbons (Fsp3) is 0.316. The monoisotopic (exact) mass is 345 g/mol. The first-order chi connectivity index (χ1) is 11.6. The largest absolute Gasteiger partial charge is 0.390 e. The fourth-order valence-electron chi connectivity index (χ4n) is 2.72. The van der Waals surface area contributed by atoms with Crippen molar-refractivity contribution in [2.45, 2.75) is 31.3 Å². The summed E-state index contributed by atoms with van der Waals surface area (Å²) in [6, 6.07) is 10.4. The highest BCUT2D eigenvalue weighted by atomic mass is 32.1. The van der Waals surface area contributed by atoms with Gasteiger partial charge in [-0.1, -0.05) is 18.2 Å². The number of halogens is 1. The van der Waals surface area contributed by atoms with E-state index in [9.17, 15) is 14.3 Å². The summed E-state index contributed by atoms with van der Waals surface area (Å²) in [6.45, 7) is 0.477. The molecule has 1 fully saturated rings. The molecule has 0 unspecified atom stereocenters. The lowest BCUT2D eigenvalue weighted by atomic mass is 9.78. The van der Waals surface area contributed by atoms with Crippen molar-refractivity contribution in [1.82, 2.24) is 5.32 Å². The van der Waals surface area contributed by atoms with Crippen molar-refractivity contribution >= 4 is 23.3 Å². The molecule has 0 saturated heterocycles. The summed E-state index contributed by atoms with van der Waals surface area (Å²) in [5.74, 6) is -0.430. The minimum absolute atomic E-state index is 0.182. The number of carbonyl (C=O) groups is 1. The van der Waals surface area contributed by atoms with E-state index < -0.39 is 5.60 Å². The summed E-state index contributed by atoms with van der Waals surface area (Å²) in [7, 11) is 0. The zero-order valence-corrected chi connectivity index (χ0v) is 14.1. The molecular weight excluding hydrogens is 325 g/mol. The maximum absolute atomic E-state index is 13.8. The first-order valence-electron chi connectivity index (χ1n) is 8.09. The average Bonchev–Trinajstić information content (AvgIpc) is 3.00. The highest BCUT2D eigenvalue weighted by Gasteiger charge is 2.33. The topological polar surface area (TPSA) is 49.3 Å². The van der Waals surface area contributed by atoms with Gasteiger partial charge in [-0.3, -0.25) is 4.79 Å². The summed E-state index contributed by atoms with van der Waals surface area (Å²) >= 11 is 1.44. The minimum Gasteiger partial charge on any atom is -0.390 e. The van der Waals surface area contributed by atoms with Crippen LogP contribution in [0.1, 0.15) is 30.6 Å². The molecule has 0 bridgehead atoms. The third kappa shape index (κ3) is 4.10. The van der Waals surface area contributed by atoms with Crippen LogP contribution in [0.2, 0.25) is 0 Å². The molecule has 1 aromatic heterocycles. The minimum atomic E-state index is -0.570. The predicted molar refractivity (Wildman–Crippen MR) is 95.2 cm³/mol. The second-order valence-electron chi connectivity index (χ2n) is 6.13. The van der Waals surface area contributed by atoms with Gasteiger partial charge < -0.3 is 10.4 Å². The second kappa shape index (κ2) is 7.28. The van der Waals surface area contributed by atoms with Crippen LogP contribution in [0.3, 0.4) is 0 Å². The molecule has 0 atom stereocenters. The molecule has 0 aliphatic heterocycles. The number of benzene rings is 1. The molecule has 0 radical (unpaired) electrons. The SMILES string of the molecule is O=C(/C=C/c1ccc(-c2ccccc2F)s1)NCCC1(O)CCC1. The van der Waals surface area contributed by atoms with Crippen molar-refractivity contribution in [1.29, 1.82) is 0 Å². The highest BCUT2D eigenvalue weighted by Crippen LogP contribution is 2.34. The zero-order chi connectivity index (χ0) is 17.0. The van der Waals surface area contributed by atoms with E-state index in [2.05, 4.69) is 5.32 Å². The van der Waals surface area contributed by atoms with Crippen molar-refractivity contribution in [2.24, 2.45) is 0 Å². The standard InChI is InChI=1S/C19H20FNO2S/c20-16-5-2-1-4-15(16)17-8-6-14(24-17)7-9-18(22)21-13-12-19(23)10-3-11-19/h1-2,4-9,23H,3,10-13H2,(H,21,22)/b9-7+. The van der Waals surface area contributed by atoms with Gasteiger partial charge in [0, 0.05) is 27.9 Å². The Labute approximate surface area is 144 Å². The lowest BCUT2D eigenvalue weighted by Gasteiger charge is -2.36. The molecule has 24 heavy (non-hydrogen) atoms. The fourth-order valence-corrected chi connectivity index (χ4v) is 3.66. The Hall–Kier alpha value is -1.98. The zero-order valence-electron chi connectivity index (χ0n) is 13.3. The summed E-state index contributed by atoms with van der Waals surface area (Å²) in [4.78, 5) is 13.5. The Morgan fingerprint density at radius 1 is 1.29 bits per heavy atom. The van der Waals surface area contributed by atoms with Gasteiger partial charge in [-0.05, 0) is 50.0 Å². The van der Waals surface area contributed by atoms with Crippen molar-refractivity contribution in [2.75, 3.05) is 6.54 Å². The van der Waals surface area contributed by atoms with Gasteiger partial charge >= 0.3 is 0 Å². The van der Waals surface area contributed by atoms with Crippen molar-refractivity contribution in [3.8, 4) is 10.4 Å². The molecule has 5 heteroatoms. The number of hydrogen-bond acceptors (Lipinski definition) is 3. The van der Waals surface area contributed by atoms with Crippen LogP contribution >= 0.6 is 11.3 Å². The number of amides is 1. The van der Waals surface area contributed by atoms with Gasteiger partial charge in [0.25, 0.3) is 0 Å². The van der Waals surface area contributed by atoms with Crippen LogP contribution in [-0.2, 0) is 4.79 Å². The van der Waals surface area contributed by atoms with Gasteiger partial charge in [0.2, 0.25) is 5.91 Å². The van der Waals surface area contributed by atoms with Crippen LogP contribution in [0.4, 0.5) is 4.39 Å². The molecule has 1 heterocycles. The molecule has 3 nitrogen and oxygen atoms in total. The summed E-state index contributed by atoms with van der Waals surface area (Å²) in [5, 5.41) is 12.7. The van der Waals surface area contributed by atoms with Crippen molar-refractivity contribution < 1.29 is 14.3 Å². The molecular formula is C19H20FNO2S. The average molecular weight is 345 g/mol. The first kappa shape index (κ1) is 16.9. The van der Waals surface area contributed by atoms with Crippen LogP contribution in [0.25, 0.3) is 16.5 Å². The number of carbonyl (C=O) groups excluding carboxylic acids is 1. The number of nitrogens with one attached hydrogen (secondary N) is 1. The Kier molecular flexibility index (Phi) is 5.11. The van der Waals surface area contributed by atoms with Gasteiger partial charge in [0.1, 0.15) is 5.82 Å². The summed E-state index contributed by atoms with van der Waals surface area (Å²) in [5.41, 5.74) is -0.000273. The van der Waals surface area contributed by atoms with E-state index in [1.807, 2.05) is 12.1 Å². The number of thiophene rings is 1. The molecule has 1 aromatic carbocycles. The molecule has 1 aliphatic carbocycles. The van der Waals surface area contributed by atoms with E-state index in [1.54, 1.807) is 24.3 Å². The van der Waals surface area contributed by atoms with Crippen LogP contribution in [0, 0.1) is 5.82 Å². The number of rotatable bonds is 6. The molecule has 1 saturated carbocycles. The molecule has 3 rings (SSSR count). The number of aliphatic hydroxyl groups is 1. The maximum Gasteiger partial charge on any atom is 0.244 e. The van der Waals surface area contributed by atoms with Crippen LogP contribution in [0.15, 0.2) is 42.5 Å². The lowest BCUT2D eigenvalue weighted by Crippen LogP contribution is -2.40. The van der Waals surface area contributed by atoms with E-state index in [0.29, 0.717) is 18.5 Å². The Morgan fingerprint density at radius 3 is 2.79 bits per heavy atom. The van der Waals surface area contributed by atoms with E-state index in [1.165, 1.54) is 23.5 Å². The van der Waals surface area contributed by atoms with Gasteiger partial charge in [-0.15, -0.1) is 11.3 Å². The first-order valence-corrected chi connectivity index (χ1v) is 8.90. The van der Waals surface area contributed by atoms with Crippen molar-refractivity contribution in [3.05, 3.63) is 53.2 Å². The Morgan fingerprint density at radius 2 is 2.08 bits per heavy atom. The second-order valence-corrected chi connectivity index (χ2v) is 7.25. The van der Waals surface area contributed by atoms with Gasteiger partial charge in [0.15, 0.2) is 0 Å². The molecule has 1 amide bonds. The smallest absolute Gasteiger partial charge is 0.244 e. The quantitative estimate of drug-likeness (QED) is 0.778. The van der Waals surface area contributed by atoms with Gasteiger partial charge in [-0.25, -0.2) is 4.39 Å². The van der Waals surface area contributed by atoms with E-state index in [4.69, 9.17) is 0 Å². The summed E-state index contributed by atoms with van der Waals surface area (Å²) in [6.07, 6.45) is 6.51. The van der Waals surface area contributed by atoms with E-state index >= 15 is 0 Å². The molecule has 0 spiro atoms. The maximum atomic E-state index is 13.8. The van der Waals surface area contributed by atoms with Gasteiger partial charge in [0.05, 0.1) is 5.60 Å². The van der Waals surface area contributed by atoms with Crippen molar-refractivity contribution in [3.63, 3.8) is 0 Å². The van der Waals surface area contributed by atoms with E-state index in [-0.39, 0.29) is 11.7 Å². The highest BCUT2D eigenvalue weighted by molar-refractivity contribution is 7.16. The van der Waals surface area contributed by atoms with Crippen LogP contribution < -0.4 is 5.32 Å². The third-order valence-electron chi connectivity index (χ3n) is 4.34. The Bertz CT molecular complexity index is 749. The molecule has 2 N–H and O–H groups in total. The molecule has 1 aliphatic rings. The van der Waals surface area contributed by atoms with Gasteiger partial charge in [-0.2, -0.15) is 0 Å². The number of hydrogen-bond donors (Lipinski definition) is 2. The molecule has 2 aromatic rings. The lowest BCUT2D eigenvalue weighted by molar-refractivity contribution is -0.116. The Balaban J connectivity index is 1.53. The van der Waals surface area contributed by atoms with Crippen LogP contribution in [-0.4, -0.2) is 23.2 Å². The summed E-state index contributed by atoms with van der Waals surface area (Å²) < 4.78 is 13.8.